The second-order valence-electron chi connectivity index (χ2n) is 4.46. The first-order valence-electron chi connectivity index (χ1n) is 6.27. The highest BCUT2D eigenvalue weighted by molar-refractivity contribution is 5.75. The Kier molecular flexibility index (Phi) is 3.15. The number of methoxy groups -OCH3 is 1. The molecule has 106 valence electrons. The van der Waals surface area contributed by atoms with E-state index >= 15 is 0 Å². The van der Waals surface area contributed by atoms with Gasteiger partial charge in [0.05, 0.1) is 12.8 Å². The van der Waals surface area contributed by atoms with E-state index in [9.17, 15) is 0 Å². The van der Waals surface area contributed by atoms with Crippen molar-refractivity contribution in [1.29, 1.82) is 0 Å². The summed E-state index contributed by atoms with van der Waals surface area (Å²) < 4.78 is 6.75. The summed E-state index contributed by atoms with van der Waals surface area (Å²) in [5, 5.41) is 11.8. The number of anilines is 2. The fourth-order valence-corrected chi connectivity index (χ4v) is 2.04. The third-order valence-corrected chi connectivity index (χ3v) is 3.10. The molecule has 4 N–H and O–H groups in total. The minimum atomic E-state index is 0.527. The Morgan fingerprint density at radius 1 is 1.05 bits per heavy atom. The van der Waals surface area contributed by atoms with E-state index in [2.05, 4.69) is 15.5 Å². The van der Waals surface area contributed by atoms with Crippen LogP contribution in [0.15, 0.2) is 42.5 Å². The van der Waals surface area contributed by atoms with Crippen LogP contribution in [0.5, 0.6) is 5.75 Å². The number of nitrogen functional groups attached to an aromatic ring is 2. The maximum atomic E-state index is 6.00. The Labute approximate surface area is 121 Å². The van der Waals surface area contributed by atoms with Crippen LogP contribution in [0.25, 0.3) is 17.1 Å². The highest BCUT2D eigenvalue weighted by Crippen LogP contribution is 2.27. The maximum absolute atomic E-state index is 6.00. The molecule has 1 heterocycles. The molecule has 1 aromatic heterocycles. The minimum absolute atomic E-state index is 0.527. The van der Waals surface area contributed by atoms with Gasteiger partial charge >= 0.3 is 0 Å². The van der Waals surface area contributed by atoms with Crippen LogP contribution in [0.4, 0.5) is 11.4 Å². The normalized spacial score (nSPS) is 10.5. The number of tetrazole rings is 1. The first-order valence-corrected chi connectivity index (χ1v) is 6.27. The first kappa shape index (κ1) is 12.9. The van der Waals surface area contributed by atoms with Crippen molar-refractivity contribution in [3.63, 3.8) is 0 Å². The Balaban J connectivity index is 2.07. The molecule has 3 aromatic rings. The van der Waals surface area contributed by atoms with Gasteiger partial charge in [0.25, 0.3) is 0 Å². The van der Waals surface area contributed by atoms with Gasteiger partial charge in [-0.25, -0.2) is 0 Å². The molecule has 21 heavy (non-hydrogen) atoms. The SMILES string of the molecule is COc1ccc(-n2nnnc2-c2ccc(N)cc2N)cc1. The summed E-state index contributed by atoms with van der Waals surface area (Å²) in [5.41, 5.74) is 14.4. The lowest BCUT2D eigenvalue weighted by Crippen LogP contribution is -2.02. The topological polar surface area (TPSA) is 105 Å². The number of hydrogen-bond donors (Lipinski definition) is 2. The lowest BCUT2D eigenvalue weighted by molar-refractivity contribution is 0.414. The standard InChI is InChI=1S/C14H14N6O/c1-21-11-5-3-10(4-6-11)20-14(17-18-19-20)12-7-2-9(15)8-13(12)16/h2-8H,15-16H2,1H3. The van der Waals surface area contributed by atoms with Crippen molar-refractivity contribution in [2.45, 2.75) is 0 Å². The summed E-state index contributed by atoms with van der Waals surface area (Å²) in [4.78, 5) is 0. The van der Waals surface area contributed by atoms with Crippen LogP contribution in [-0.2, 0) is 0 Å². The quantitative estimate of drug-likeness (QED) is 0.705. The second-order valence-corrected chi connectivity index (χ2v) is 4.46. The van der Waals surface area contributed by atoms with E-state index in [0.29, 0.717) is 17.2 Å². The smallest absolute Gasteiger partial charge is 0.189 e. The van der Waals surface area contributed by atoms with Crippen molar-refractivity contribution < 1.29 is 4.74 Å². The summed E-state index contributed by atoms with van der Waals surface area (Å²) >= 11 is 0. The highest BCUT2D eigenvalue weighted by Gasteiger charge is 2.13. The molecule has 0 fully saturated rings. The van der Waals surface area contributed by atoms with Crippen LogP contribution in [0, 0.1) is 0 Å². The summed E-state index contributed by atoms with van der Waals surface area (Å²) in [6, 6.07) is 12.7. The molecule has 2 aromatic carbocycles. The lowest BCUT2D eigenvalue weighted by atomic mass is 10.1. The second kappa shape index (κ2) is 5.12. The molecule has 3 rings (SSSR count). The van der Waals surface area contributed by atoms with E-state index in [1.165, 1.54) is 0 Å². The van der Waals surface area contributed by atoms with Crippen LogP contribution < -0.4 is 16.2 Å². The van der Waals surface area contributed by atoms with Gasteiger partial charge in [-0.2, -0.15) is 4.68 Å². The van der Waals surface area contributed by atoms with Gasteiger partial charge in [0.15, 0.2) is 5.82 Å². The largest absolute Gasteiger partial charge is 0.497 e. The minimum Gasteiger partial charge on any atom is -0.497 e. The number of aromatic nitrogens is 4. The van der Waals surface area contributed by atoms with Gasteiger partial charge in [-0.3, -0.25) is 0 Å². The number of hydrogen-bond acceptors (Lipinski definition) is 6. The van der Waals surface area contributed by atoms with Crippen LogP contribution in [0.3, 0.4) is 0 Å². The molecule has 0 saturated carbocycles. The summed E-state index contributed by atoms with van der Waals surface area (Å²) in [6.45, 7) is 0. The molecular formula is C14H14N6O. The molecular weight excluding hydrogens is 268 g/mol. The van der Waals surface area contributed by atoms with Crippen molar-refractivity contribution in [3.8, 4) is 22.8 Å². The van der Waals surface area contributed by atoms with E-state index in [4.69, 9.17) is 16.2 Å². The Hall–Kier alpha value is -3.09. The fourth-order valence-electron chi connectivity index (χ4n) is 2.04. The van der Waals surface area contributed by atoms with Gasteiger partial charge in [0.2, 0.25) is 0 Å². The molecule has 0 bridgehead atoms. The zero-order valence-corrected chi connectivity index (χ0v) is 11.4. The van der Waals surface area contributed by atoms with Gasteiger partial charge in [-0.05, 0) is 52.9 Å². The summed E-state index contributed by atoms with van der Waals surface area (Å²) in [5.74, 6) is 1.32. The van der Waals surface area contributed by atoms with Gasteiger partial charge in [-0.15, -0.1) is 5.10 Å². The maximum Gasteiger partial charge on any atom is 0.189 e. The van der Waals surface area contributed by atoms with E-state index in [-0.39, 0.29) is 0 Å². The van der Waals surface area contributed by atoms with Gasteiger partial charge in [0, 0.05) is 16.9 Å². The molecule has 0 spiro atoms. The van der Waals surface area contributed by atoms with Crippen LogP contribution in [0.2, 0.25) is 0 Å². The number of benzene rings is 2. The molecule has 7 nitrogen and oxygen atoms in total. The molecule has 0 atom stereocenters. The number of rotatable bonds is 3. The third-order valence-electron chi connectivity index (χ3n) is 3.10. The Morgan fingerprint density at radius 2 is 1.81 bits per heavy atom. The van der Waals surface area contributed by atoms with E-state index < -0.39 is 0 Å². The average molecular weight is 282 g/mol. The van der Waals surface area contributed by atoms with Gasteiger partial charge in [0.1, 0.15) is 5.75 Å². The zero-order valence-electron chi connectivity index (χ0n) is 11.4. The highest BCUT2D eigenvalue weighted by atomic mass is 16.5. The summed E-state index contributed by atoms with van der Waals surface area (Å²) in [7, 11) is 1.62. The van der Waals surface area contributed by atoms with E-state index in [1.54, 1.807) is 30.0 Å². The van der Waals surface area contributed by atoms with Crippen LogP contribution in [-0.4, -0.2) is 27.3 Å². The molecule has 0 aliphatic carbocycles. The van der Waals surface area contributed by atoms with Crippen LogP contribution in [0.1, 0.15) is 0 Å². The zero-order chi connectivity index (χ0) is 14.8. The fraction of sp³-hybridized carbons (Fsp3) is 0.0714. The van der Waals surface area contributed by atoms with E-state index in [0.717, 1.165) is 17.0 Å². The van der Waals surface area contributed by atoms with Crippen LogP contribution >= 0.6 is 0 Å². The van der Waals surface area contributed by atoms with Crippen molar-refractivity contribution in [2.75, 3.05) is 18.6 Å². The molecule has 0 unspecified atom stereocenters. The predicted octanol–water partition coefficient (Wildman–Crippen LogP) is 1.50. The predicted molar refractivity (Wildman–Crippen MR) is 80.0 cm³/mol. The molecule has 7 heteroatoms. The monoisotopic (exact) mass is 282 g/mol. The lowest BCUT2D eigenvalue weighted by Gasteiger charge is -2.08. The van der Waals surface area contributed by atoms with E-state index in [1.807, 2.05) is 24.3 Å². The van der Waals surface area contributed by atoms with Crippen molar-refractivity contribution in [1.82, 2.24) is 20.2 Å². The molecule has 0 aliphatic heterocycles. The number of nitrogens with two attached hydrogens (primary N) is 2. The average Bonchev–Trinajstić information content (AvgIpc) is 2.96. The van der Waals surface area contributed by atoms with Crippen molar-refractivity contribution in [3.05, 3.63) is 42.5 Å². The van der Waals surface area contributed by atoms with Crippen molar-refractivity contribution in [2.24, 2.45) is 0 Å². The summed E-state index contributed by atoms with van der Waals surface area (Å²) in [6.07, 6.45) is 0. The van der Waals surface area contributed by atoms with Gasteiger partial charge in [-0.1, -0.05) is 0 Å². The first-order chi connectivity index (χ1) is 10.2. The third kappa shape index (κ3) is 2.36. The molecule has 0 radical (unpaired) electrons. The van der Waals surface area contributed by atoms with Crippen molar-refractivity contribution >= 4 is 11.4 Å². The molecule has 0 amide bonds. The number of ether oxygens (including phenoxy) is 1. The molecule has 0 saturated heterocycles. The van der Waals surface area contributed by atoms with Gasteiger partial charge < -0.3 is 16.2 Å². The number of nitrogens with zero attached hydrogens (tertiary/aromatic N) is 4. The Morgan fingerprint density at radius 3 is 2.48 bits per heavy atom. The Bertz CT molecular complexity index is 765. The molecule has 0 aliphatic rings.